The number of hydrogen-bond acceptors (Lipinski definition) is 6. The molecule has 3 aromatic rings. The van der Waals surface area contributed by atoms with Crippen molar-refractivity contribution in [1.82, 2.24) is 4.90 Å². The molecule has 35 heavy (non-hydrogen) atoms. The van der Waals surface area contributed by atoms with E-state index in [1.807, 2.05) is 0 Å². The molecule has 6 nitrogen and oxygen atoms in total. The van der Waals surface area contributed by atoms with Crippen molar-refractivity contribution >= 4 is 69.8 Å². The van der Waals surface area contributed by atoms with E-state index >= 15 is 0 Å². The molecule has 3 aromatic carbocycles. The lowest BCUT2D eigenvalue weighted by Crippen LogP contribution is -2.27. The van der Waals surface area contributed by atoms with Crippen molar-refractivity contribution in [3.63, 3.8) is 0 Å². The highest BCUT2D eigenvalue weighted by atomic mass is 35.5. The summed E-state index contributed by atoms with van der Waals surface area (Å²) in [5.41, 5.74) is 1.34. The van der Waals surface area contributed by atoms with Crippen LogP contribution in [-0.2, 0) is 11.3 Å². The van der Waals surface area contributed by atoms with Gasteiger partial charge in [0, 0.05) is 10.6 Å². The Morgan fingerprint density at radius 3 is 2.43 bits per heavy atom. The van der Waals surface area contributed by atoms with E-state index in [1.165, 1.54) is 25.3 Å². The third kappa shape index (κ3) is 5.65. The minimum Gasteiger partial charge on any atom is -0.493 e. The second-order valence-corrected chi connectivity index (χ2v) is 9.54. The quantitative estimate of drug-likeness (QED) is 0.186. The Morgan fingerprint density at radius 2 is 1.74 bits per heavy atom. The first-order valence-corrected chi connectivity index (χ1v) is 12.1. The van der Waals surface area contributed by atoms with Crippen LogP contribution in [0.25, 0.3) is 6.08 Å². The zero-order valence-electron chi connectivity index (χ0n) is 18.1. The predicted octanol–water partition coefficient (Wildman–Crippen LogP) is 7.11. The van der Waals surface area contributed by atoms with Gasteiger partial charge in [0.15, 0.2) is 11.5 Å². The molecule has 0 spiro atoms. The number of thioether (sulfide) groups is 1. The Labute approximate surface area is 220 Å². The van der Waals surface area contributed by atoms with Gasteiger partial charge in [-0.1, -0.05) is 53.0 Å². The molecule has 1 aliphatic rings. The molecule has 1 aliphatic heterocycles. The molecular weight excluding hydrogens is 533 g/mol. The maximum atomic E-state index is 13.0. The molecule has 4 rings (SSSR count). The number of amides is 2. The average molecular weight is 549 g/mol. The Morgan fingerprint density at radius 1 is 1.00 bits per heavy atom. The zero-order chi connectivity index (χ0) is 25.1. The van der Waals surface area contributed by atoms with Crippen molar-refractivity contribution < 1.29 is 23.9 Å². The van der Waals surface area contributed by atoms with Gasteiger partial charge >= 0.3 is 5.97 Å². The van der Waals surface area contributed by atoms with E-state index in [9.17, 15) is 14.4 Å². The summed E-state index contributed by atoms with van der Waals surface area (Å²) in [6, 6.07) is 16.1. The Hall–Kier alpha value is -2.97. The van der Waals surface area contributed by atoms with Crippen molar-refractivity contribution in [2.24, 2.45) is 0 Å². The normalized spacial score (nSPS) is 14.5. The molecule has 0 N–H and O–H groups in total. The number of para-hydroxylation sites is 1. The standard InChI is InChI=1S/C25H16Cl3NO5S/c1-33-20-4-2-3-16(22(20)34-24(31)15-6-8-17(26)9-7-15)12-21-23(30)29(25(32)35-21)13-14-5-10-18(27)19(28)11-14/h2-12H,13H2,1H3/b21-12-. The highest BCUT2D eigenvalue weighted by Gasteiger charge is 2.35. The number of benzene rings is 3. The first kappa shape index (κ1) is 25.1. The predicted molar refractivity (Wildman–Crippen MR) is 137 cm³/mol. The van der Waals surface area contributed by atoms with Gasteiger partial charge in [0.25, 0.3) is 11.1 Å². The smallest absolute Gasteiger partial charge is 0.343 e. The highest BCUT2D eigenvalue weighted by molar-refractivity contribution is 8.18. The van der Waals surface area contributed by atoms with Gasteiger partial charge in [-0.15, -0.1) is 0 Å². The number of ether oxygens (including phenoxy) is 2. The van der Waals surface area contributed by atoms with Gasteiger partial charge in [-0.05, 0) is 65.9 Å². The minimum absolute atomic E-state index is 0.0371. The van der Waals surface area contributed by atoms with Crippen LogP contribution in [0.2, 0.25) is 15.1 Å². The molecule has 1 fully saturated rings. The summed E-state index contributed by atoms with van der Waals surface area (Å²) in [7, 11) is 1.43. The molecule has 10 heteroatoms. The third-order valence-corrected chi connectivity index (χ3v) is 6.89. The second-order valence-electron chi connectivity index (χ2n) is 7.29. The van der Waals surface area contributed by atoms with E-state index in [4.69, 9.17) is 44.3 Å². The summed E-state index contributed by atoms with van der Waals surface area (Å²) in [6.07, 6.45) is 1.49. The number of rotatable bonds is 6. The van der Waals surface area contributed by atoms with Crippen LogP contribution in [0.1, 0.15) is 21.5 Å². The van der Waals surface area contributed by atoms with E-state index in [0.29, 0.717) is 26.2 Å². The van der Waals surface area contributed by atoms with Crippen LogP contribution in [0.5, 0.6) is 11.5 Å². The lowest BCUT2D eigenvalue weighted by Gasteiger charge is -2.13. The van der Waals surface area contributed by atoms with Gasteiger partial charge in [0.2, 0.25) is 0 Å². The van der Waals surface area contributed by atoms with Crippen LogP contribution in [0.4, 0.5) is 4.79 Å². The SMILES string of the molecule is COc1cccc(/C=C2\SC(=O)N(Cc3ccc(Cl)c(Cl)c3)C2=O)c1OC(=O)c1ccc(Cl)cc1. The van der Waals surface area contributed by atoms with Crippen molar-refractivity contribution in [1.29, 1.82) is 0 Å². The molecule has 0 bridgehead atoms. The molecule has 0 saturated carbocycles. The lowest BCUT2D eigenvalue weighted by atomic mass is 10.1. The van der Waals surface area contributed by atoms with Gasteiger partial charge in [0.05, 0.1) is 34.2 Å². The molecule has 2 amide bonds. The van der Waals surface area contributed by atoms with Gasteiger partial charge in [-0.3, -0.25) is 14.5 Å². The Bertz CT molecular complexity index is 1360. The van der Waals surface area contributed by atoms with Crippen molar-refractivity contribution in [3.05, 3.63) is 97.3 Å². The number of imide groups is 1. The molecule has 0 radical (unpaired) electrons. The fraction of sp³-hybridized carbons (Fsp3) is 0.0800. The lowest BCUT2D eigenvalue weighted by molar-refractivity contribution is -0.123. The number of esters is 1. The summed E-state index contributed by atoms with van der Waals surface area (Å²) in [4.78, 5) is 39.6. The van der Waals surface area contributed by atoms with Crippen LogP contribution in [-0.4, -0.2) is 29.1 Å². The summed E-state index contributed by atoms with van der Waals surface area (Å²) in [5.74, 6) is -0.709. The molecule has 1 saturated heterocycles. The van der Waals surface area contributed by atoms with Gasteiger partial charge in [-0.25, -0.2) is 4.79 Å². The third-order valence-electron chi connectivity index (χ3n) is 4.99. The summed E-state index contributed by atoms with van der Waals surface area (Å²) >= 11 is 18.7. The number of carbonyl (C=O) groups is 3. The van der Waals surface area contributed by atoms with E-state index < -0.39 is 17.1 Å². The molecular formula is C25H16Cl3NO5S. The zero-order valence-corrected chi connectivity index (χ0v) is 21.2. The van der Waals surface area contributed by atoms with Gasteiger partial charge in [0.1, 0.15) is 0 Å². The van der Waals surface area contributed by atoms with Crippen LogP contribution >= 0.6 is 46.6 Å². The summed E-state index contributed by atoms with van der Waals surface area (Å²) in [5, 5.41) is 0.754. The van der Waals surface area contributed by atoms with Crippen LogP contribution in [0.3, 0.4) is 0 Å². The number of hydrogen-bond donors (Lipinski definition) is 0. The monoisotopic (exact) mass is 547 g/mol. The minimum atomic E-state index is -0.631. The molecule has 0 aromatic heterocycles. The first-order chi connectivity index (χ1) is 16.8. The van der Waals surface area contributed by atoms with E-state index in [0.717, 1.165) is 16.7 Å². The number of halogens is 3. The Balaban J connectivity index is 1.61. The van der Waals surface area contributed by atoms with E-state index in [-0.39, 0.29) is 28.5 Å². The first-order valence-electron chi connectivity index (χ1n) is 10.1. The topological polar surface area (TPSA) is 72.9 Å². The van der Waals surface area contributed by atoms with Gasteiger partial charge in [-0.2, -0.15) is 0 Å². The fourth-order valence-corrected chi connectivity index (χ4v) is 4.53. The number of nitrogens with zero attached hydrogens (tertiary/aromatic N) is 1. The largest absolute Gasteiger partial charge is 0.493 e. The fourth-order valence-electron chi connectivity index (χ4n) is 3.25. The Kier molecular flexibility index (Phi) is 7.72. The van der Waals surface area contributed by atoms with Crippen molar-refractivity contribution in [3.8, 4) is 11.5 Å². The van der Waals surface area contributed by atoms with E-state index in [2.05, 4.69) is 0 Å². The maximum absolute atomic E-state index is 13.0. The summed E-state index contributed by atoms with van der Waals surface area (Å²) in [6.45, 7) is 0.0371. The van der Waals surface area contributed by atoms with Crippen LogP contribution in [0.15, 0.2) is 65.6 Å². The second kappa shape index (κ2) is 10.7. The van der Waals surface area contributed by atoms with Crippen molar-refractivity contribution in [2.45, 2.75) is 6.54 Å². The molecule has 178 valence electrons. The van der Waals surface area contributed by atoms with Gasteiger partial charge < -0.3 is 9.47 Å². The maximum Gasteiger partial charge on any atom is 0.343 e. The van der Waals surface area contributed by atoms with Crippen LogP contribution in [0, 0.1) is 0 Å². The average Bonchev–Trinajstić information content (AvgIpc) is 3.10. The van der Waals surface area contributed by atoms with Crippen LogP contribution < -0.4 is 9.47 Å². The molecule has 1 heterocycles. The summed E-state index contributed by atoms with van der Waals surface area (Å²) < 4.78 is 11.0. The number of carbonyl (C=O) groups excluding carboxylic acids is 3. The number of methoxy groups -OCH3 is 1. The highest BCUT2D eigenvalue weighted by Crippen LogP contribution is 2.38. The molecule has 0 aliphatic carbocycles. The molecule has 0 atom stereocenters. The van der Waals surface area contributed by atoms with Crippen molar-refractivity contribution in [2.75, 3.05) is 7.11 Å². The van der Waals surface area contributed by atoms with E-state index in [1.54, 1.807) is 48.5 Å². The molecule has 0 unspecified atom stereocenters.